The summed E-state index contributed by atoms with van der Waals surface area (Å²) in [6.07, 6.45) is 0. The summed E-state index contributed by atoms with van der Waals surface area (Å²) >= 11 is 11.9. The fourth-order valence-corrected chi connectivity index (χ4v) is 2.18. The minimum absolute atomic E-state index is 0.420. The van der Waals surface area contributed by atoms with Crippen molar-refractivity contribution >= 4 is 28.9 Å². The first-order valence-electron chi connectivity index (χ1n) is 5.55. The molecule has 0 saturated heterocycles. The second-order valence-electron chi connectivity index (χ2n) is 4.09. The Balaban J connectivity index is 1.94. The van der Waals surface area contributed by atoms with Gasteiger partial charge in [-0.15, -0.1) is 0 Å². The van der Waals surface area contributed by atoms with Gasteiger partial charge in [0, 0.05) is 6.54 Å². The lowest BCUT2D eigenvalue weighted by atomic mass is 10.2. The van der Waals surface area contributed by atoms with Crippen molar-refractivity contribution in [2.45, 2.75) is 20.0 Å². The van der Waals surface area contributed by atoms with Gasteiger partial charge in [0.2, 0.25) is 0 Å². The molecule has 1 aromatic heterocycles. The van der Waals surface area contributed by atoms with Gasteiger partial charge in [-0.3, -0.25) is 0 Å². The maximum Gasteiger partial charge on any atom is 0.117 e. The number of rotatable bonds is 4. The number of nitrogen functional groups attached to an aromatic ring is 1. The highest BCUT2D eigenvalue weighted by atomic mass is 35.5. The summed E-state index contributed by atoms with van der Waals surface area (Å²) in [5.41, 5.74) is 7.08. The van der Waals surface area contributed by atoms with Crippen LogP contribution in [0.1, 0.15) is 17.1 Å². The Morgan fingerprint density at radius 3 is 2.39 bits per heavy atom. The second-order valence-corrected chi connectivity index (χ2v) is 4.90. The van der Waals surface area contributed by atoms with Crippen molar-refractivity contribution in [3.05, 3.63) is 51.4 Å². The number of nitrogens with two attached hydrogens (primary N) is 1. The van der Waals surface area contributed by atoms with Crippen LogP contribution in [0.15, 0.2) is 28.7 Å². The Labute approximate surface area is 116 Å². The Bertz CT molecular complexity index is 529. The van der Waals surface area contributed by atoms with Crippen molar-refractivity contribution in [2.24, 2.45) is 0 Å². The average Bonchev–Trinajstić information content (AvgIpc) is 2.72. The van der Waals surface area contributed by atoms with Gasteiger partial charge in [-0.1, -0.05) is 23.2 Å². The third-order valence-corrected chi connectivity index (χ3v) is 3.19. The molecule has 0 radical (unpaired) electrons. The quantitative estimate of drug-likeness (QED) is 0.841. The first-order chi connectivity index (χ1) is 8.56. The number of hydrogen-bond acceptors (Lipinski definition) is 3. The van der Waals surface area contributed by atoms with Gasteiger partial charge in [-0.05, 0) is 36.8 Å². The summed E-state index contributed by atoms with van der Waals surface area (Å²) in [7, 11) is 0. The van der Waals surface area contributed by atoms with Gasteiger partial charge in [-0.25, -0.2) is 0 Å². The largest absolute Gasteiger partial charge is 0.465 e. The lowest BCUT2D eigenvalue weighted by Crippen LogP contribution is -2.12. The summed E-state index contributed by atoms with van der Waals surface area (Å²) in [6, 6.07) is 7.51. The highest BCUT2D eigenvalue weighted by Gasteiger charge is 2.05. The van der Waals surface area contributed by atoms with Crippen LogP contribution in [0.4, 0.5) is 5.69 Å². The molecular weight excluding hydrogens is 271 g/mol. The molecule has 0 unspecified atom stereocenters. The van der Waals surface area contributed by atoms with E-state index in [0.29, 0.717) is 28.8 Å². The minimum Gasteiger partial charge on any atom is -0.465 e. The molecule has 0 spiro atoms. The molecule has 2 aromatic rings. The summed E-state index contributed by atoms with van der Waals surface area (Å²) in [4.78, 5) is 0. The minimum atomic E-state index is 0.420. The number of hydrogen-bond donors (Lipinski definition) is 2. The zero-order chi connectivity index (χ0) is 13.1. The molecule has 0 atom stereocenters. The molecular formula is C13H14Cl2N2O. The van der Waals surface area contributed by atoms with E-state index in [4.69, 9.17) is 33.4 Å². The van der Waals surface area contributed by atoms with Crippen LogP contribution in [0.5, 0.6) is 0 Å². The van der Waals surface area contributed by atoms with Crippen molar-refractivity contribution in [2.75, 3.05) is 5.73 Å². The molecule has 0 aliphatic carbocycles. The van der Waals surface area contributed by atoms with E-state index in [1.807, 2.05) is 31.2 Å². The molecule has 2 rings (SSSR count). The Morgan fingerprint density at radius 2 is 1.83 bits per heavy atom. The van der Waals surface area contributed by atoms with Gasteiger partial charge in [0.15, 0.2) is 0 Å². The smallest absolute Gasteiger partial charge is 0.117 e. The molecule has 1 heterocycles. The van der Waals surface area contributed by atoms with Crippen molar-refractivity contribution in [3.8, 4) is 0 Å². The van der Waals surface area contributed by atoms with Gasteiger partial charge in [0.25, 0.3) is 0 Å². The number of anilines is 1. The SMILES string of the molecule is Cc1ccc(CNCc2cc(Cl)c(N)c(Cl)c2)o1. The third kappa shape index (κ3) is 3.19. The van der Waals surface area contributed by atoms with Crippen molar-refractivity contribution in [3.63, 3.8) is 0 Å². The van der Waals surface area contributed by atoms with Crippen LogP contribution < -0.4 is 11.1 Å². The first-order valence-corrected chi connectivity index (χ1v) is 6.31. The van der Waals surface area contributed by atoms with Crippen LogP contribution in [0.25, 0.3) is 0 Å². The number of benzene rings is 1. The Morgan fingerprint density at radius 1 is 1.17 bits per heavy atom. The van der Waals surface area contributed by atoms with E-state index in [2.05, 4.69) is 5.32 Å². The van der Waals surface area contributed by atoms with Gasteiger partial charge < -0.3 is 15.5 Å². The van der Waals surface area contributed by atoms with Crippen LogP contribution in [0.3, 0.4) is 0 Å². The normalized spacial score (nSPS) is 10.8. The Hall–Kier alpha value is -1.16. The van der Waals surface area contributed by atoms with E-state index in [0.717, 1.165) is 17.1 Å². The predicted molar refractivity (Wildman–Crippen MR) is 74.9 cm³/mol. The maximum absolute atomic E-state index is 5.96. The maximum atomic E-state index is 5.96. The summed E-state index contributed by atoms with van der Waals surface area (Å²) in [5, 5.41) is 4.21. The van der Waals surface area contributed by atoms with E-state index in [9.17, 15) is 0 Å². The second kappa shape index (κ2) is 5.65. The van der Waals surface area contributed by atoms with Crippen LogP contribution in [0, 0.1) is 6.92 Å². The first kappa shape index (κ1) is 13.3. The third-order valence-electron chi connectivity index (χ3n) is 2.56. The lowest BCUT2D eigenvalue weighted by molar-refractivity contribution is 0.462. The van der Waals surface area contributed by atoms with Crippen molar-refractivity contribution in [1.82, 2.24) is 5.32 Å². The molecule has 0 aliphatic rings. The monoisotopic (exact) mass is 284 g/mol. The van der Waals surface area contributed by atoms with Gasteiger partial charge in [-0.2, -0.15) is 0 Å². The van der Waals surface area contributed by atoms with Crippen LogP contribution >= 0.6 is 23.2 Å². The van der Waals surface area contributed by atoms with Crippen LogP contribution in [0.2, 0.25) is 10.0 Å². The van der Waals surface area contributed by atoms with Gasteiger partial charge >= 0.3 is 0 Å². The fourth-order valence-electron chi connectivity index (χ4n) is 1.65. The molecule has 5 heteroatoms. The predicted octanol–water partition coefficient (Wildman–Crippen LogP) is 3.77. The topological polar surface area (TPSA) is 51.2 Å². The molecule has 3 nitrogen and oxygen atoms in total. The molecule has 96 valence electrons. The molecule has 0 fully saturated rings. The summed E-state index contributed by atoms with van der Waals surface area (Å²) < 4.78 is 5.45. The van der Waals surface area contributed by atoms with E-state index in [1.54, 1.807) is 0 Å². The molecule has 0 amide bonds. The highest BCUT2D eigenvalue weighted by Crippen LogP contribution is 2.28. The lowest BCUT2D eigenvalue weighted by Gasteiger charge is -2.07. The zero-order valence-electron chi connectivity index (χ0n) is 9.97. The Kier molecular flexibility index (Phi) is 4.17. The van der Waals surface area contributed by atoms with Crippen LogP contribution in [-0.2, 0) is 13.1 Å². The molecule has 18 heavy (non-hydrogen) atoms. The number of nitrogens with one attached hydrogen (secondary N) is 1. The molecule has 0 aliphatic heterocycles. The molecule has 0 bridgehead atoms. The van der Waals surface area contributed by atoms with Crippen LogP contribution in [-0.4, -0.2) is 0 Å². The van der Waals surface area contributed by atoms with Crippen molar-refractivity contribution < 1.29 is 4.42 Å². The molecule has 3 N–H and O–H groups in total. The summed E-state index contributed by atoms with van der Waals surface area (Å²) in [5.74, 6) is 1.81. The molecule has 0 saturated carbocycles. The van der Waals surface area contributed by atoms with E-state index in [-0.39, 0.29) is 0 Å². The number of aryl methyl sites for hydroxylation is 1. The van der Waals surface area contributed by atoms with Crippen molar-refractivity contribution in [1.29, 1.82) is 0 Å². The number of furan rings is 1. The summed E-state index contributed by atoms with van der Waals surface area (Å²) in [6.45, 7) is 3.23. The standard InChI is InChI=1S/C13H14Cl2N2O/c1-8-2-3-10(18-8)7-17-6-9-4-11(14)13(16)12(15)5-9/h2-5,17H,6-7,16H2,1H3. The van der Waals surface area contributed by atoms with E-state index >= 15 is 0 Å². The highest BCUT2D eigenvalue weighted by molar-refractivity contribution is 6.38. The zero-order valence-corrected chi connectivity index (χ0v) is 11.5. The average molecular weight is 285 g/mol. The van der Waals surface area contributed by atoms with Gasteiger partial charge in [0.05, 0.1) is 22.3 Å². The van der Waals surface area contributed by atoms with E-state index < -0.39 is 0 Å². The van der Waals surface area contributed by atoms with E-state index in [1.165, 1.54) is 0 Å². The number of halogens is 2. The molecule has 1 aromatic carbocycles. The fraction of sp³-hybridized carbons (Fsp3) is 0.231. The van der Waals surface area contributed by atoms with Gasteiger partial charge in [0.1, 0.15) is 11.5 Å².